The number of hydrogen-bond donors (Lipinski definition) is 2. The van der Waals surface area contributed by atoms with Gasteiger partial charge in [-0.25, -0.2) is 0 Å². The Bertz CT molecular complexity index is 624. The van der Waals surface area contributed by atoms with Crippen LogP contribution in [0.25, 0.3) is 0 Å². The largest absolute Gasteiger partial charge is 0.497 e. The van der Waals surface area contributed by atoms with Gasteiger partial charge in [-0.15, -0.1) is 0 Å². The first-order chi connectivity index (χ1) is 10.2. The van der Waals surface area contributed by atoms with Gasteiger partial charge in [0.2, 0.25) is 0 Å². The second kappa shape index (κ2) is 6.85. The van der Waals surface area contributed by atoms with Gasteiger partial charge in [0.25, 0.3) is 0 Å². The van der Waals surface area contributed by atoms with Gasteiger partial charge in [-0.2, -0.15) is 0 Å². The zero-order valence-electron chi connectivity index (χ0n) is 12.2. The van der Waals surface area contributed by atoms with Gasteiger partial charge in [0, 0.05) is 30.2 Å². The van der Waals surface area contributed by atoms with Crippen LogP contribution in [0, 0.1) is 0 Å². The van der Waals surface area contributed by atoms with Crippen LogP contribution >= 0.6 is 0 Å². The molecule has 0 saturated carbocycles. The molecule has 2 rings (SSSR count). The highest BCUT2D eigenvalue weighted by Crippen LogP contribution is 2.24. The molecule has 1 heterocycles. The summed E-state index contributed by atoms with van der Waals surface area (Å²) in [6.07, 6.45) is 2.38. The Morgan fingerprint density at radius 3 is 2.62 bits per heavy atom. The molecule has 21 heavy (non-hydrogen) atoms. The van der Waals surface area contributed by atoms with Crippen LogP contribution in [0.2, 0.25) is 0 Å². The molecule has 5 nitrogen and oxygen atoms in total. The Balaban J connectivity index is 2.38. The summed E-state index contributed by atoms with van der Waals surface area (Å²) in [4.78, 5) is 8.45. The molecular weight excluding hydrogens is 266 g/mol. The van der Waals surface area contributed by atoms with Gasteiger partial charge >= 0.3 is 0 Å². The van der Waals surface area contributed by atoms with Crippen LogP contribution < -0.4 is 10.5 Å². The monoisotopic (exact) mass is 285 g/mol. The number of anilines is 1. The second-order valence-electron chi connectivity index (χ2n) is 4.50. The molecule has 5 heteroatoms. The third-order valence-electron chi connectivity index (χ3n) is 3.15. The third kappa shape index (κ3) is 3.38. The number of aliphatic hydroxyl groups is 1. The number of methoxy groups -OCH3 is 1. The molecule has 2 aromatic rings. The maximum Gasteiger partial charge on any atom is 0.121 e. The van der Waals surface area contributed by atoms with E-state index in [4.69, 9.17) is 10.5 Å². The summed E-state index contributed by atoms with van der Waals surface area (Å²) < 4.78 is 5.12. The molecule has 1 atom stereocenters. The van der Waals surface area contributed by atoms with Crippen molar-refractivity contribution in [3.63, 3.8) is 0 Å². The van der Waals surface area contributed by atoms with Crippen LogP contribution in [0.4, 0.5) is 5.69 Å². The fraction of sp³-hybridized carbons (Fsp3) is 0.250. The van der Waals surface area contributed by atoms with Crippen LogP contribution in [0.3, 0.4) is 0 Å². The molecule has 0 radical (unpaired) electrons. The van der Waals surface area contributed by atoms with E-state index in [0.717, 1.165) is 11.3 Å². The molecule has 0 aliphatic heterocycles. The average molecular weight is 285 g/mol. The topological polar surface area (TPSA) is 80.7 Å². The van der Waals surface area contributed by atoms with E-state index in [1.165, 1.54) is 0 Å². The lowest BCUT2D eigenvalue weighted by atomic mass is 9.99. The minimum absolute atomic E-state index is 0.522. The van der Waals surface area contributed by atoms with Gasteiger partial charge in [-0.05, 0) is 30.7 Å². The second-order valence-corrected chi connectivity index (χ2v) is 4.50. The zero-order chi connectivity index (χ0) is 15.2. The van der Waals surface area contributed by atoms with Crippen molar-refractivity contribution in [1.29, 1.82) is 0 Å². The van der Waals surface area contributed by atoms with Gasteiger partial charge in [-0.1, -0.05) is 12.1 Å². The Morgan fingerprint density at radius 2 is 2.05 bits per heavy atom. The summed E-state index contributed by atoms with van der Waals surface area (Å²) in [5.41, 5.74) is 8.41. The van der Waals surface area contributed by atoms with Crippen molar-refractivity contribution in [1.82, 2.24) is 4.98 Å². The molecule has 110 valence electrons. The minimum Gasteiger partial charge on any atom is -0.497 e. The van der Waals surface area contributed by atoms with E-state index < -0.39 is 6.10 Å². The number of hydrogen-bond acceptors (Lipinski definition) is 5. The van der Waals surface area contributed by atoms with Crippen molar-refractivity contribution in [2.45, 2.75) is 13.0 Å². The highest BCUT2D eigenvalue weighted by Gasteiger charge is 2.19. The zero-order valence-corrected chi connectivity index (χ0v) is 12.2. The van der Waals surface area contributed by atoms with Gasteiger partial charge < -0.3 is 15.6 Å². The Kier molecular flexibility index (Phi) is 4.90. The third-order valence-corrected chi connectivity index (χ3v) is 3.15. The number of benzene rings is 1. The van der Waals surface area contributed by atoms with Crippen molar-refractivity contribution < 1.29 is 9.84 Å². The first kappa shape index (κ1) is 15.0. The van der Waals surface area contributed by atoms with Crippen LogP contribution in [0.5, 0.6) is 5.75 Å². The van der Waals surface area contributed by atoms with Gasteiger partial charge in [0.15, 0.2) is 0 Å². The molecule has 0 bridgehead atoms. The molecule has 0 aliphatic rings. The van der Waals surface area contributed by atoms with Crippen molar-refractivity contribution >= 4 is 11.4 Å². The highest BCUT2D eigenvalue weighted by atomic mass is 16.5. The standard InChI is InChI=1S/C16H19N3O2/c1-3-19-15(13-10-18-9-8-14(13)17)16(20)11-4-6-12(21-2)7-5-11/h4-10,16,20H,3H2,1-2H3,(H2,17,18). The highest BCUT2D eigenvalue weighted by molar-refractivity contribution is 6.07. The number of nitrogens with two attached hydrogens (primary N) is 1. The lowest BCUT2D eigenvalue weighted by Crippen LogP contribution is -2.16. The number of nitrogens with zero attached hydrogens (tertiary/aromatic N) is 2. The minimum atomic E-state index is -0.859. The molecule has 3 N–H and O–H groups in total. The summed E-state index contributed by atoms with van der Waals surface area (Å²) in [6.45, 7) is 2.46. The molecule has 0 spiro atoms. The molecule has 0 saturated heterocycles. The first-order valence-electron chi connectivity index (χ1n) is 6.73. The SMILES string of the molecule is CCN=C(c1cnccc1N)C(O)c1ccc(OC)cc1. The summed E-state index contributed by atoms with van der Waals surface area (Å²) in [5, 5.41) is 10.6. The predicted octanol–water partition coefficient (Wildman–Crippen LogP) is 2.21. The number of ether oxygens (including phenoxy) is 1. The Morgan fingerprint density at radius 1 is 1.33 bits per heavy atom. The van der Waals surface area contributed by atoms with Crippen LogP contribution in [0.15, 0.2) is 47.7 Å². The number of rotatable bonds is 5. The summed E-state index contributed by atoms with van der Waals surface area (Å²) in [5.74, 6) is 0.737. The molecule has 1 aromatic heterocycles. The van der Waals surface area contributed by atoms with Gasteiger partial charge in [-0.3, -0.25) is 9.98 Å². The number of aliphatic imine (C=N–C) groups is 1. The van der Waals surface area contributed by atoms with Crippen LogP contribution in [-0.2, 0) is 0 Å². The normalized spacial score (nSPS) is 13.0. The number of aromatic nitrogens is 1. The molecular formula is C16H19N3O2. The summed E-state index contributed by atoms with van der Waals surface area (Å²) >= 11 is 0. The number of pyridine rings is 1. The quantitative estimate of drug-likeness (QED) is 0.825. The van der Waals surface area contributed by atoms with E-state index in [1.807, 2.05) is 6.92 Å². The fourth-order valence-corrected chi connectivity index (χ4v) is 2.05. The van der Waals surface area contributed by atoms with E-state index in [9.17, 15) is 5.11 Å². The summed E-state index contributed by atoms with van der Waals surface area (Å²) in [7, 11) is 1.60. The van der Waals surface area contributed by atoms with Crippen molar-refractivity contribution in [3.8, 4) is 5.75 Å². The van der Waals surface area contributed by atoms with E-state index >= 15 is 0 Å². The lowest BCUT2D eigenvalue weighted by molar-refractivity contribution is 0.247. The molecule has 0 aliphatic carbocycles. The molecule has 1 aromatic carbocycles. The smallest absolute Gasteiger partial charge is 0.121 e. The van der Waals surface area contributed by atoms with Crippen molar-refractivity contribution in [2.24, 2.45) is 4.99 Å². The van der Waals surface area contributed by atoms with Crippen molar-refractivity contribution in [2.75, 3.05) is 19.4 Å². The van der Waals surface area contributed by atoms with E-state index in [-0.39, 0.29) is 0 Å². The number of nitrogen functional groups attached to an aromatic ring is 1. The van der Waals surface area contributed by atoms with Crippen LogP contribution in [-0.4, -0.2) is 29.5 Å². The Labute approximate surface area is 124 Å². The molecule has 0 amide bonds. The number of aliphatic hydroxyl groups excluding tert-OH is 1. The summed E-state index contributed by atoms with van der Waals surface area (Å²) in [6, 6.07) is 8.91. The van der Waals surface area contributed by atoms with Crippen LogP contribution in [0.1, 0.15) is 24.2 Å². The van der Waals surface area contributed by atoms with Crippen molar-refractivity contribution in [3.05, 3.63) is 53.9 Å². The first-order valence-corrected chi connectivity index (χ1v) is 6.73. The predicted molar refractivity (Wildman–Crippen MR) is 83.7 cm³/mol. The molecule has 1 unspecified atom stereocenters. The average Bonchev–Trinajstić information content (AvgIpc) is 2.53. The maximum absolute atomic E-state index is 10.6. The van der Waals surface area contributed by atoms with Gasteiger partial charge in [0.05, 0.1) is 12.8 Å². The molecule has 0 fully saturated rings. The van der Waals surface area contributed by atoms with E-state index in [2.05, 4.69) is 9.98 Å². The van der Waals surface area contributed by atoms with Gasteiger partial charge in [0.1, 0.15) is 11.9 Å². The lowest BCUT2D eigenvalue weighted by Gasteiger charge is -2.16. The Hall–Kier alpha value is -2.40. The van der Waals surface area contributed by atoms with E-state index in [1.54, 1.807) is 49.8 Å². The van der Waals surface area contributed by atoms with E-state index in [0.29, 0.717) is 23.5 Å². The fourth-order valence-electron chi connectivity index (χ4n) is 2.05. The maximum atomic E-state index is 10.6.